The Morgan fingerprint density at radius 1 is 1.02 bits per heavy atom. The number of carbonyl (C=O) groups is 1. The Labute approximate surface area is 262 Å². The van der Waals surface area contributed by atoms with Gasteiger partial charge >= 0.3 is 0 Å². The van der Waals surface area contributed by atoms with Crippen molar-refractivity contribution in [2.75, 3.05) is 31.0 Å². The van der Waals surface area contributed by atoms with E-state index >= 15 is 0 Å². The lowest BCUT2D eigenvalue weighted by atomic mass is 10.1. The van der Waals surface area contributed by atoms with Crippen LogP contribution in [-0.4, -0.2) is 47.9 Å². The zero-order valence-electron chi connectivity index (χ0n) is 27.1. The number of pyridine rings is 2. The van der Waals surface area contributed by atoms with Crippen molar-refractivity contribution in [2.24, 2.45) is 5.92 Å². The van der Waals surface area contributed by atoms with Gasteiger partial charge in [-0.05, 0) is 64.3 Å². The van der Waals surface area contributed by atoms with Crippen LogP contribution in [0.25, 0.3) is 0 Å². The molecule has 3 aromatic rings. The molecule has 1 aromatic carbocycles. The molecule has 3 heterocycles. The van der Waals surface area contributed by atoms with Gasteiger partial charge in [0.1, 0.15) is 23.5 Å². The zero-order chi connectivity index (χ0) is 32.1. The van der Waals surface area contributed by atoms with E-state index in [1.165, 1.54) is 12.0 Å². The first-order chi connectivity index (χ1) is 21.3. The Bertz CT molecular complexity index is 1410. The first-order valence-electron chi connectivity index (χ1n) is 15.5. The van der Waals surface area contributed by atoms with Gasteiger partial charge in [-0.1, -0.05) is 38.5 Å². The first kappa shape index (κ1) is 34.3. The number of benzene rings is 1. The Hall–Kier alpha value is -4.24. The fourth-order valence-electron chi connectivity index (χ4n) is 4.34. The van der Waals surface area contributed by atoms with Crippen LogP contribution in [0.15, 0.2) is 60.4 Å². The minimum absolute atomic E-state index is 0.0442. The molecule has 1 aliphatic carbocycles. The van der Waals surface area contributed by atoms with E-state index in [2.05, 4.69) is 47.4 Å². The molecule has 236 valence electrons. The van der Waals surface area contributed by atoms with Gasteiger partial charge in [-0.2, -0.15) is 0 Å². The van der Waals surface area contributed by atoms with E-state index in [-0.39, 0.29) is 17.8 Å². The number of rotatable bonds is 11. The van der Waals surface area contributed by atoms with Crippen LogP contribution < -0.4 is 20.1 Å². The average molecular weight is 602 g/mol. The van der Waals surface area contributed by atoms with Crippen LogP contribution in [0.4, 0.5) is 23.0 Å². The van der Waals surface area contributed by atoms with Gasteiger partial charge in [0.05, 0.1) is 43.5 Å². The van der Waals surface area contributed by atoms with E-state index in [4.69, 9.17) is 19.6 Å². The van der Waals surface area contributed by atoms with Crippen LogP contribution in [0.1, 0.15) is 83.1 Å². The molecule has 1 unspecified atom stereocenters. The quantitative estimate of drug-likeness (QED) is 0.114. The number of nitrogens with one attached hydrogen (secondary N) is 3. The summed E-state index contributed by atoms with van der Waals surface area (Å²) in [6.45, 7) is 13.4. The molecule has 1 saturated carbocycles. The SMILES string of the molecule is C/C=C(\C)CC.CC.COc1c(Nc2cc(Nc3ccc(OC4CCOC4)cn3)ncc2C(=O)C2CC2)cccc1C(C)=N. The summed E-state index contributed by atoms with van der Waals surface area (Å²) in [5, 5.41) is 14.6. The molecule has 3 N–H and O–H groups in total. The zero-order valence-corrected chi connectivity index (χ0v) is 27.1. The maximum Gasteiger partial charge on any atom is 0.169 e. The van der Waals surface area contributed by atoms with Gasteiger partial charge in [-0.15, -0.1) is 0 Å². The molecule has 0 amide bonds. The highest BCUT2D eigenvalue weighted by molar-refractivity contribution is 6.05. The van der Waals surface area contributed by atoms with Crippen molar-refractivity contribution in [3.05, 3.63) is 71.6 Å². The number of para-hydroxylation sites is 1. The van der Waals surface area contributed by atoms with E-state index < -0.39 is 0 Å². The molecule has 1 atom stereocenters. The molecule has 9 nitrogen and oxygen atoms in total. The number of Topliss-reactive ketones (excluding diaryl/α,β-unsaturated/α-hetero) is 1. The minimum atomic E-state index is 0.0442. The number of hydrogen-bond donors (Lipinski definition) is 3. The van der Waals surface area contributed by atoms with E-state index in [1.54, 1.807) is 32.5 Å². The second-order valence-electron chi connectivity index (χ2n) is 10.5. The molecule has 44 heavy (non-hydrogen) atoms. The summed E-state index contributed by atoms with van der Waals surface area (Å²) in [6.07, 6.45) is 9.33. The number of ketones is 1. The van der Waals surface area contributed by atoms with Crippen molar-refractivity contribution in [1.82, 2.24) is 9.97 Å². The van der Waals surface area contributed by atoms with Gasteiger partial charge in [-0.25, -0.2) is 9.97 Å². The topological polar surface area (TPSA) is 118 Å². The Morgan fingerprint density at radius 3 is 2.32 bits per heavy atom. The smallest absolute Gasteiger partial charge is 0.169 e. The molecular formula is C35H47N5O4. The molecule has 1 saturated heterocycles. The Kier molecular flexibility index (Phi) is 13.4. The molecular weight excluding hydrogens is 554 g/mol. The number of nitrogens with zero attached hydrogens (tertiary/aromatic N) is 2. The summed E-state index contributed by atoms with van der Waals surface area (Å²) in [7, 11) is 1.57. The van der Waals surface area contributed by atoms with Crippen LogP contribution in [0, 0.1) is 11.3 Å². The summed E-state index contributed by atoms with van der Waals surface area (Å²) in [4.78, 5) is 21.9. The standard InChI is InChI=1S/C27H29N5O4.C6H12.C2H6/c1-16(28)20-4-3-5-22(27(20)34-2)31-23-12-25(30-14-21(23)26(33)17-6-7-17)32-24-9-8-18(13-29-24)36-19-10-11-35-15-19;1-4-6(3)5-2;1-2/h3-5,8-9,12-14,17,19,28H,6-7,10-11,15H2,1-2H3,(H2,29,30,31,32);4H,5H2,1-3H3;1-2H3/b;6-4+;. The number of aromatic nitrogens is 2. The molecule has 0 spiro atoms. The van der Waals surface area contributed by atoms with Crippen LogP contribution >= 0.6 is 0 Å². The average Bonchev–Trinajstić information content (AvgIpc) is 3.78. The van der Waals surface area contributed by atoms with Crippen molar-refractivity contribution in [2.45, 2.75) is 73.3 Å². The molecule has 2 fully saturated rings. The van der Waals surface area contributed by atoms with Crippen molar-refractivity contribution in [1.29, 1.82) is 5.41 Å². The van der Waals surface area contributed by atoms with Gasteiger partial charge in [0.25, 0.3) is 0 Å². The maximum atomic E-state index is 13.0. The number of methoxy groups -OCH3 is 1. The molecule has 1 aliphatic heterocycles. The first-order valence-corrected chi connectivity index (χ1v) is 15.5. The minimum Gasteiger partial charge on any atom is -0.494 e. The third-order valence-electron chi connectivity index (χ3n) is 7.24. The summed E-state index contributed by atoms with van der Waals surface area (Å²) < 4.78 is 16.8. The van der Waals surface area contributed by atoms with Crippen molar-refractivity contribution < 1.29 is 19.0 Å². The number of carbonyl (C=O) groups excluding carboxylic acids is 1. The summed E-state index contributed by atoms with van der Waals surface area (Å²) in [5.41, 5.74) is 4.34. The number of allylic oxidation sites excluding steroid dienone is 2. The van der Waals surface area contributed by atoms with Crippen LogP contribution in [0.5, 0.6) is 11.5 Å². The van der Waals surface area contributed by atoms with Gasteiger partial charge in [0.15, 0.2) is 11.5 Å². The summed E-state index contributed by atoms with van der Waals surface area (Å²) >= 11 is 0. The van der Waals surface area contributed by atoms with E-state index in [0.717, 1.165) is 25.9 Å². The second kappa shape index (κ2) is 17.2. The number of hydrogen-bond acceptors (Lipinski definition) is 9. The van der Waals surface area contributed by atoms with E-state index in [9.17, 15) is 4.79 Å². The van der Waals surface area contributed by atoms with E-state index in [0.29, 0.717) is 58.0 Å². The Balaban J connectivity index is 0.000000593. The van der Waals surface area contributed by atoms with Crippen LogP contribution in [-0.2, 0) is 4.74 Å². The lowest BCUT2D eigenvalue weighted by Gasteiger charge is -2.17. The van der Waals surface area contributed by atoms with Gasteiger partial charge in [-0.3, -0.25) is 4.79 Å². The van der Waals surface area contributed by atoms with Crippen molar-refractivity contribution in [3.63, 3.8) is 0 Å². The highest BCUT2D eigenvalue weighted by Gasteiger charge is 2.32. The van der Waals surface area contributed by atoms with Crippen LogP contribution in [0.3, 0.4) is 0 Å². The predicted octanol–water partition coefficient (Wildman–Crippen LogP) is 8.51. The van der Waals surface area contributed by atoms with E-state index in [1.807, 2.05) is 44.2 Å². The highest BCUT2D eigenvalue weighted by atomic mass is 16.5. The number of ether oxygens (including phenoxy) is 3. The molecule has 0 radical (unpaired) electrons. The lowest BCUT2D eigenvalue weighted by molar-refractivity contribution is 0.0968. The number of anilines is 4. The van der Waals surface area contributed by atoms with Crippen molar-refractivity contribution in [3.8, 4) is 11.5 Å². The largest absolute Gasteiger partial charge is 0.494 e. The normalized spacial score (nSPS) is 15.6. The van der Waals surface area contributed by atoms with Crippen LogP contribution in [0.2, 0.25) is 0 Å². The third-order valence-corrected chi connectivity index (χ3v) is 7.24. The monoisotopic (exact) mass is 601 g/mol. The highest BCUT2D eigenvalue weighted by Crippen LogP contribution is 2.38. The third kappa shape index (κ3) is 9.64. The fraction of sp³-hybridized carbons (Fsp3) is 0.429. The van der Waals surface area contributed by atoms with Gasteiger partial charge < -0.3 is 30.3 Å². The summed E-state index contributed by atoms with van der Waals surface area (Å²) in [5.74, 6) is 2.49. The Morgan fingerprint density at radius 2 is 1.77 bits per heavy atom. The molecule has 9 heteroatoms. The van der Waals surface area contributed by atoms with Gasteiger partial charge in [0, 0.05) is 35.9 Å². The fourth-order valence-corrected chi connectivity index (χ4v) is 4.34. The molecule has 2 aliphatic rings. The summed E-state index contributed by atoms with van der Waals surface area (Å²) in [6, 6.07) is 11.0. The van der Waals surface area contributed by atoms with Crippen molar-refractivity contribution >= 4 is 34.5 Å². The van der Waals surface area contributed by atoms with Gasteiger partial charge in [0.2, 0.25) is 0 Å². The molecule has 2 aromatic heterocycles. The lowest BCUT2D eigenvalue weighted by Crippen LogP contribution is -2.15. The predicted molar refractivity (Wildman–Crippen MR) is 179 cm³/mol. The maximum absolute atomic E-state index is 13.0. The molecule has 5 rings (SSSR count). The second-order valence-corrected chi connectivity index (χ2v) is 10.5. The molecule has 0 bridgehead atoms.